The van der Waals surface area contributed by atoms with E-state index in [2.05, 4.69) is 183 Å². The molecule has 2 heteroatoms. The molecule has 8 aromatic carbocycles. The number of benzene rings is 8. The molecule has 0 unspecified atom stereocenters. The fraction of sp³-hybridized carbons (Fsp3) is 0.0638. The lowest BCUT2D eigenvalue weighted by Crippen LogP contribution is -2.16. The zero-order chi connectivity index (χ0) is 32.7. The average molecular weight is 644 g/mol. The Kier molecular flexibility index (Phi) is 6.16. The lowest BCUT2D eigenvalue weighted by Gasteiger charge is -2.31. The molecule has 232 valence electrons. The second-order valence-electron chi connectivity index (χ2n) is 13.7. The number of nitrogens with zero attached hydrogens (tertiary/aromatic N) is 1. The monoisotopic (exact) mass is 643 g/mol. The van der Waals surface area contributed by atoms with Gasteiger partial charge in [-0.1, -0.05) is 141 Å². The van der Waals surface area contributed by atoms with E-state index >= 15 is 0 Å². The highest BCUT2D eigenvalue weighted by atomic mass is 32.1. The SMILES string of the molecule is CC1(C)c2ccccc2-c2c(N(c3ccccc3-c3ccc4ccccc4c3)c3cccc4c3ccc3sc5ccccc5c34)cccc21. The molecule has 0 bridgehead atoms. The third-order valence-electron chi connectivity index (χ3n) is 10.6. The molecule has 0 saturated heterocycles. The first-order valence-electron chi connectivity index (χ1n) is 17.0. The van der Waals surface area contributed by atoms with Crippen LogP contribution < -0.4 is 4.90 Å². The van der Waals surface area contributed by atoms with Gasteiger partial charge in [0.05, 0.1) is 17.1 Å². The summed E-state index contributed by atoms with van der Waals surface area (Å²) in [7, 11) is 0. The maximum atomic E-state index is 2.55. The minimum Gasteiger partial charge on any atom is -0.309 e. The molecule has 0 amide bonds. The quantitative estimate of drug-likeness (QED) is 0.184. The first-order chi connectivity index (χ1) is 24.1. The Morgan fingerprint density at radius 2 is 1.12 bits per heavy atom. The molecule has 0 saturated carbocycles. The van der Waals surface area contributed by atoms with E-state index in [1.54, 1.807) is 0 Å². The highest BCUT2D eigenvalue weighted by Gasteiger charge is 2.38. The number of hydrogen-bond acceptors (Lipinski definition) is 2. The van der Waals surface area contributed by atoms with Gasteiger partial charge >= 0.3 is 0 Å². The van der Waals surface area contributed by atoms with Crippen molar-refractivity contribution in [2.75, 3.05) is 4.90 Å². The summed E-state index contributed by atoms with van der Waals surface area (Å²) in [5.41, 5.74) is 11.2. The Morgan fingerprint density at radius 1 is 0.449 bits per heavy atom. The normalized spacial score (nSPS) is 13.3. The third kappa shape index (κ3) is 4.17. The van der Waals surface area contributed by atoms with E-state index in [-0.39, 0.29) is 5.41 Å². The maximum absolute atomic E-state index is 2.55. The summed E-state index contributed by atoms with van der Waals surface area (Å²) in [6.45, 7) is 4.73. The lowest BCUT2D eigenvalue weighted by molar-refractivity contribution is 0.660. The lowest BCUT2D eigenvalue weighted by atomic mass is 9.82. The number of thiophene rings is 1. The summed E-state index contributed by atoms with van der Waals surface area (Å²) >= 11 is 1.88. The van der Waals surface area contributed by atoms with Crippen molar-refractivity contribution in [3.63, 3.8) is 0 Å². The van der Waals surface area contributed by atoms with E-state index in [0.29, 0.717) is 0 Å². The summed E-state index contributed by atoms with van der Waals surface area (Å²) in [6.07, 6.45) is 0. The molecule has 0 fully saturated rings. The van der Waals surface area contributed by atoms with Gasteiger partial charge in [-0.25, -0.2) is 0 Å². The molecule has 0 radical (unpaired) electrons. The zero-order valence-corrected chi connectivity index (χ0v) is 28.3. The summed E-state index contributed by atoms with van der Waals surface area (Å²) in [5, 5.41) is 7.69. The van der Waals surface area contributed by atoms with Gasteiger partial charge in [0.15, 0.2) is 0 Å². The molecule has 0 N–H and O–H groups in total. The summed E-state index contributed by atoms with van der Waals surface area (Å²) in [4.78, 5) is 2.55. The molecule has 0 atom stereocenters. The average Bonchev–Trinajstić information content (AvgIpc) is 3.65. The van der Waals surface area contributed by atoms with Crippen LogP contribution in [0.4, 0.5) is 17.1 Å². The van der Waals surface area contributed by atoms with Crippen LogP contribution in [-0.2, 0) is 5.41 Å². The van der Waals surface area contributed by atoms with E-state index in [9.17, 15) is 0 Å². The summed E-state index contributed by atoms with van der Waals surface area (Å²) < 4.78 is 2.65. The first-order valence-corrected chi connectivity index (χ1v) is 17.8. The minimum atomic E-state index is -0.105. The third-order valence-corrected chi connectivity index (χ3v) is 11.8. The van der Waals surface area contributed by atoms with Gasteiger partial charge in [-0.05, 0) is 74.8 Å². The summed E-state index contributed by atoms with van der Waals surface area (Å²) in [6, 6.07) is 60.7. The molecule has 1 aromatic heterocycles. The van der Waals surface area contributed by atoms with Gasteiger partial charge in [0.25, 0.3) is 0 Å². The Morgan fingerprint density at radius 3 is 2.04 bits per heavy atom. The number of anilines is 3. The van der Waals surface area contributed by atoms with Crippen molar-refractivity contribution in [3.05, 3.63) is 175 Å². The topological polar surface area (TPSA) is 3.24 Å². The van der Waals surface area contributed by atoms with Crippen LogP contribution in [0.15, 0.2) is 164 Å². The van der Waals surface area contributed by atoms with Crippen molar-refractivity contribution >= 4 is 70.1 Å². The van der Waals surface area contributed by atoms with E-state index < -0.39 is 0 Å². The molecule has 0 aliphatic heterocycles. The predicted octanol–water partition coefficient (Wildman–Crippen LogP) is 13.8. The fourth-order valence-electron chi connectivity index (χ4n) is 8.34. The van der Waals surface area contributed by atoms with E-state index in [0.717, 1.165) is 5.69 Å². The smallest absolute Gasteiger partial charge is 0.0543 e. The molecule has 1 heterocycles. The van der Waals surface area contributed by atoms with Crippen molar-refractivity contribution in [1.29, 1.82) is 0 Å². The second-order valence-corrected chi connectivity index (χ2v) is 14.8. The van der Waals surface area contributed by atoms with Crippen LogP contribution in [0.5, 0.6) is 0 Å². The largest absolute Gasteiger partial charge is 0.309 e. The molecule has 10 rings (SSSR count). The Labute approximate surface area is 290 Å². The van der Waals surface area contributed by atoms with Crippen LogP contribution in [0.3, 0.4) is 0 Å². The number of fused-ring (bicyclic) bond motifs is 9. The van der Waals surface area contributed by atoms with Crippen molar-refractivity contribution in [2.45, 2.75) is 19.3 Å². The van der Waals surface area contributed by atoms with Gasteiger partial charge in [0, 0.05) is 42.1 Å². The molecule has 49 heavy (non-hydrogen) atoms. The van der Waals surface area contributed by atoms with Crippen LogP contribution in [0, 0.1) is 0 Å². The van der Waals surface area contributed by atoms with Crippen molar-refractivity contribution in [1.82, 2.24) is 0 Å². The summed E-state index contributed by atoms with van der Waals surface area (Å²) in [5.74, 6) is 0. The van der Waals surface area contributed by atoms with Crippen molar-refractivity contribution in [3.8, 4) is 22.3 Å². The molecule has 1 aliphatic carbocycles. The van der Waals surface area contributed by atoms with E-state index in [1.165, 1.54) is 86.5 Å². The highest BCUT2D eigenvalue weighted by molar-refractivity contribution is 7.26. The molecular weight excluding hydrogens is 611 g/mol. The predicted molar refractivity (Wildman–Crippen MR) is 212 cm³/mol. The molecule has 9 aromatic rings. The zero-order valence-electron chi connectivity index (χ0n) is 27.4. The Bertz CT molecular complexity index is 2770. The maximum Gasteiger partial charge on any atom is 0.0543 e. The van der Waals surface area contributed by atoms with Gasteiger partial charge in [-0.2, -0.15) is 0 Å². The van der Waals surface area contributed by atoms with Gasteiger partial charge in [0.1, 0.15) is 0 Å². The van der Waals surface area contributed by atoms with Crippen LogP contribution in [0.1, 0.15) is 25.0 Å². The number of para-hydroxylation sites is 1. The molecular formula is C47H33NS. The second kappa shape index (κ2) is 10.7. The minimum absolute atomic E-state index is 0.105. The van der Waals surface area contributed by atoms with Crippen molar-refractivity contribution < 1.29 is 0 Å². The van der Waals surface area contributed by atoms with E-state index in [1.807, 2.05) is 11.3 Å². The molecule has 1 nitrogen and oxygen atoms in total. The van der Waals surface area contributed by atoms with Crippen LogP contribution >= 0.6 is 11.3 Å². The van der Waals surface area contributed by atoms with Gasteiger partial charge in [-0.3, -0.25) is 0 Å². The van der Waals surface area contributed by atoms with Crippen molar-refractivity contribution in [2.24, 2.45) is 0 Å². The van der Waals surface area contributed by atoms with Crippen LogP contribution in [0.25, 0.3) is 64.0 Å². The number of hydrogen-bond donors (Lipinski definition) is 0. The Balaban J connectivity index is 1.31. The van der Waals surface area contributed by atoms with Crippen LogP contribution in [0.2, 0.25) is 0 Å². The van der Waals surface area contributed by atoms with Gasteiger partial charge in [0.2, 0.25) is 0 Å². The van der Waals surface area contributed by atoms with Gasteiger partial charge < -0.3 is 4.90 Å². The first kappa shape index (κ1) is 28.3. The molecule has 1 aliphatic rings. The highest BCUT2D eigenvalue weighted by Crippen LogP contribution is 2.55. The van der Waals surface area contributed by atoms with Crippen LogP contribution in [-0.4, -0.2) is 0 Å². The van der Waals surface area contributed by atoms with Gasteiger partial charge in [-0.15, -0.1) is 11.3 Å². The van der Waals surface area contributed by atoms with E-state index in [4.69, 9.17) is 0 Å². The number of rotatable bonds is 4. The Hall–Kier alpha value is -5.70. The standard InChI is InChI=1S/C47H33NS/c1-47(2)38-19-8-5-16-36(38)46-39(47)20-12-23-42(46)48(40-21-9-6-15-33(40)32-26-25-30-13-3-4-14-31(30)29-32)41-22-11-18-35-34(41)27-28-44-45(35)37-17-7-10-24-43(37)49-44/h3-29H,1-2H3. The fourth-order valence-corrected chi connectivity index (χ4v) is 9.46. The molecule has 0 spiro atoms.